The molecule has 38 heavy (non-hydrogen) atoms. The van der Waals surface area contributed by atoms with Crippen molar-refractivity contribution in [2.75, 3.05) is 20.1 Å². The van der Waals surface area contributed by atoms with Crippen molar-refractivity contribution < 1.29 is 10.2 Å². The highest BCUT2D eigenvalue weighted by Crippen LogP contribution is 2.41. The van der Waals surface area contributed by atoms with E-state index in [1.807, 2.05) is 24.3 Å². The van der Waals surface area contributed by atoms with E-state index in [2.05, 4.69) is 38.3 Å². The number of nitrogens with one attached hydrogen (secondary N) is 1. The Morgan fingerprint density at radius 1 is 1.21 bits per heavy atom. The average molecular weight is 550 g/mol. The molecule has 2 aliphatic heterocycles. The van der Waals surface area contributed by atoms with Crippen molar-refractivity contribution in [3.8, 4) is 17.2 Å². The van der Waals surface area contributed by atoms with Crippen LogP contribution >= 0.6 is 22.9 Å². The first-order valence-electron chi connectivity index (χ1n) is 12.5. The molecule has 3 aromatic heterocycles. The van der Waals surface area contributed by atoms with Gasteiger partial charge in [-0.05, 0) is 56.3 Å². The number of nitriles is 1. The van der Waals surface area contributed by atoms with Crippen molar-refractivity contribution in [1.29, 1.82) is 5.26 Å². The van der Waals surface area contributed by atoms with Crippen molar-refractivity contribution in [1.82, 2.24) is 24.8 Å². The molecule has 3 N–H and O–H groups in total. The molecule has 2 atom stereocenters. The Morgan fingerprint density at radius 3 is 2.82 bits per heavy atom. The van der Waals surface area contributed by atoms with Gasteiger partial charge in [0.2, 0.25) is 6.35 Å². The lowest BCUT2D eigenvalue weighted by Crippen LogP contribution is -2.53. The minimum absolute atomic E-state index is 0.333. The first kappa shape index (κ1) is 25.2. The van der Waals surface area contributed by atoms with Crippen LogP contribution in [0.1, 0.15) is 17.7 Å². The number of aliphatic hydroxyl groups is 2. The molecule has 11 heteroatoms. The average Bonchev–Trinajstić information content (AvgIpc) is 3.52. The third kappa shape index (κ3) is 4.45. The molecule has 2 aliphatic rings. The van der Waals surface area contributed by atoms with E-state index in [4.69, 9.17) is 11.6 Å². The Labute approximate surface area is 229 Å². The molecule has 6 rings (SSSR count). The molecule has 1 aromatic carbocycles. The van der Waals surface area contributed by atoms with Gasteiger partial charge in [-0.3, -0.25) is 9.99 Å². The van der Waals surface area contributed by atoms with Crippen LogP contribution in [0.5, 0.6) is 0 Å². The summed E-state index contributed by atoms with van der Waals surface area (Å²) in [5, 5.41) is 41.5. The smallest absolute Gasteiger partial charge is 0.204 e. The van der Waals surface area contributed by atoms with Crippen molar-refractivity contribution in [3.63, 3.8) is 0 Å². The van der Waals surface area contributed by atoms with E-state index in [0.29, 0.717) is 18.1 Å². The van der Waals surface area contributed by atoms with E-state index in [9.17, 15) is 15.5 Å². The van der Waals surface area contributed by atoms with Gasteiger partial charge in [-0.25, -0.2) is 4.90 Å². The Morgan fingerprint density at radius 2 is 2.03 bits per heavy atom. The maximum Gasteiger partial charge on any atom is 0.204 e. The number of pyridine rings is 1. The fourth-order valence-electron chi connectivity index (χ4n) is 5.48. The molecule has 0 bridgehead atoms. The van der Waals surface area contributed by atoms with Gasteiger partial charge in [0.15, 0.2) is 0 Å². The number of aliphatic hydroxyl groups excluding tert-OH is 2. The van der Waals surface area contributed by atoms with Crippen molar-refractivity contribution >= 4 is 50.3 Å². The molecule has 0 saturated carbocycles. The maximum atomic E-state index is 10.5. The standard InChI is InChI=1S/C27H28ClN7O2S/c1-33-26(37)35(23(36)13-32-33)14-19-12-22-25(38-19)20(2-6-31-22)21-11-18(28)10-17-3-9-34(24(17)21)16-27(15-29)4-7-30-8-5-27/h2-3,6,9-13,23,26,30,36-37H,4-5,7-8,14,16H2,1H3. The highest BCUT2D eigenvalue weighted by atomic mass is 35.5. The highest BCUT2D eigenvalue weighted by molar-refractivity contribution is 7.19. The van der Waals surface area contributed by atoms with Crippen LogP contribution in [0, 0.1) is 16.7 Å². The van der Waals surface area contributed by atoms with Crippen molar-refractivity contribution in [2.24, 2.45) is 10.5 Å². The number of piperidine rings is 1. The second-order valence-electron chi connectivity index (χ2n) is 10.0. The van der Waals surface area contributed by atoms with E-state index in [1.54, 1.807) is 29.5 Å². The van der Waals surface area contributed by atoms with E-state index < -0.39 is 18.0 Å². The van der Waals surface area contributed by atoms with Crippen LogP contribution in [0.2, 0.25) is 5.02 Å². The minimum Gasteiger partial charge on any atom is -0.373 e. The van der Waals surface area contributed by atoms with E-state index in [0.717, 1.165) is 63.1 Å². The first-order chi connectivity index (χ1) is 18.4. The van der Waals surface area contributed by atoms with E-state index in [1.165, 1.54) is 11.2 Å². The predicted octanol–water partition coefficient (Wildman–Crippen LogP) is 3.79. The third-order valence-corrected chi connectivity index (χ3v) is 8.90. The summed E-state index contributed by atoms with van der Waals surface area (Å²) in [4.78, 5) is 7.11. The molecule has 0 spiro atoms. The van der Waals surface area contributed by atoms with Gasteiger partial charge in [-0.2, -0.15) is 10.4 Å². The molecule has 0 radical (unpaired) electrons. The van der Waals surface area contributed by atoms with Crippen LogP contribution < -0.4 is 5.32 Å². The SMILES string of the molecule is CN1N=CC(O)N(Cc2cc3nccc(-c4cc(Cl)cc5ccn(CC6(C#N)CCNCC6)c45)c3s2)C1O. The summed E-state index contributed by atoms with van der Waals surface area (Å²) in [6, 6.07) is 12.6. The number of nitrogens with zero attached hydrogens (tertiary/aromatic N) is 6. The highest BCUT2D eigenvalue weighted by Gasteiger charge is 2.33. The predicted molar refractivity (Wildman–Crippen MR) is 150 cm³/mol. The van der Waals surface area contributed by atoms with E-state index in [-0.39, 0.29) is 0 Å². The Kier molecular flexibility index (Phi) is 6.60. The number of hydrazone groups is 1. The van der Waals surface area contributed by atoms with Gasteiger partial charge in [0.05, 0.1) is 33.4 Å². The van der Waals surface area contributed by atoms with Crippen LogP contribution in [0.4, 0.5) is 0 Å². The van der Waals surface area contributed by atoms with Gasteiger partial charge >= 0.3 is 0 Å². The van der Waals surface area contributed by atoms with Gasteiger partial charge in [0.1, 0.15) is 6.23 Å². The largest absolute Gasteiger partial charge is 0.373 e. The topological polar surface area (TPSA) is 113 Å². The summed E-state index contributed by atoms with van der Waals surface area (Å²) in [6.07, 6.45) is 4.85. The molecule has 0 amide bonds. The number of benzene rings is 1. The molecule has 5 heterocycles. The molecule has 196 valence electrons. The van der Waals surface area contributed by atoms with Gasteiger partial charge < -0.3 is 20.1 Å². The van der Waals surface area contributed by atoms with Crippen LogP contribution in [0.3, 0.4) is 0 Å². The van der Waals surface area contributed by atoms with Crippen LogP contribution in [-0.4, -0.2) is 68.6 Å². The summed E-state index contributed by atoms with van der Waals surface area (Å²) in [5.74, 6) is 0. The van der Waals surface area contributed by atoms with Gasteiger partial charge in [-0.1, -0.05) is 11.6 Å². The maximum absolute atomic E-state index is 10.5. The zero-order valence-corrected chi connectivity index (χ0v) is 22.5. The van der Waals surface area contributed by atoms with Crippen molar-refractivity contribution in [3.05, 3.63) is 52.6 Å². The number of fused-ring (bicyclic) bond motifs is 2. The lowest BCUT2D eigenvalue weighted by Gasteiger charge is -2.37. The lowest BCUT2D eigenvalue weighted by atomic mass is 9.80. The Balaban J connectivity index is 1.43. The first-order valence-corrected chi connectivity index (χ1v) is 13.7. The van der Waals surface area contributed by atoms with Crippen LogP contribution in [-0.2, 0) is 13.1 Å². The summed E-state index contributed by atoms with van der Waals surface area (Å²) >= 11 is 8.18. The van der Waals surface area contributed by atoms with E-state index >= 15 is 0 Å². The van der Waals surface area contributed by atoms with Gasteiger partial charge in [0.25, 0.3) is 0 Å². The quantitative estimate of drug-likeness (QED) is 0.347. The zero-order valence-electron chi connectivity index (χ0n) is 20.9. The number of thiophene rings is 1. The zero-order chi connectivity index (χ0) is 26.4. The molecule has 1 saturated heterocycles. The third-order valence-electron chi connectivity index (χ3n) is 7.54. The fraction of sp³-hybridized carbons (Fsp3) is 0.370. The molecule has 9 nitrogen and oxygen atoms in total. The summed E-state index contributed by atoms with van der Waals surface area (Å²) < 4.78 is 3.20. The monoisotopic (exact) mass is 549 g/mol. The lowest BCUT2D eigenvalue weighted by molar-refractivity contribution is -0.159. The molecule has 2 unspecified atom stereocenters. The molecule has 4 aromatic rings. The number of rotatable bonds is 5. The summed E-state index contributed by atoms with van der Waals surface area (Å²) in [5.41, 5.74) is 3.47. The second kappa shape index (κ2) is 9.93. The summed E-state index contributed by atoms with van der Waals surface area (Å²) in [7, 11) is 1.66. The second-order valence-corrected chi connectivity index (χ2v) is 11.6. The number of hydrogen-bond donors (Lipinski definition) is 3. The molecular weight excluding hydrogens is 522 g/mol. The molecule has 0 aliphatic carbocycles. The fourth-order valence-corrected chi connectivity index (χ4v) is 6.86. The van der Waals surface area contributed by atoms with Gasteiger partial charge in [-0.15, -0.1) is 11.3 Å². The Bertz CT molecular complexity index is 1570. The minimum atomic E-state index is -1.04. The Hall–Kier alpha value is -3.04. The van der Waals surface area contributed by atoms with Crippen LogP contribution in [0.25, 0.3) is 32.2 Å². The van der Waals surface area contributed by atoms with Gasteiger partial charge in [0, 0.05) is 58.9 Å². The summed E-state index contributed by atoms with van der Waals surface area (Å²) in [6.45, 7) is 2.64. The number of aromatic nitrogens is 2. The number of halogens is 1. The normalized spacial score (nSPS) is 21.8. The number of hydrogen-bond acceptors (Lipinski definition) is 9. The van der Waals surface area contributed by atoms with Crippen molar-refractivity contribution in [2.45, 2.75) is 38.5 Å². The molecular formula is C27H28ClN7O2S. The van der Waals surface area contributed by atoms with Crippen LogP contribution in [0.15, 0.2) is 47.8 Å². The molecule has 1 fully saturated rings.